The largest absolute Gasteiger partial charge is 0.357 e. The second-order valence-electron chi connectivity index (χ2n) is 1.96. The van der Waals surface area contributed by atoms with E-state index in [-0.39, 0.29) is 0 Å². The summed E-state index contributed by atoms with van der Waals surface area (Å²) < 4.78 is 22.3. The number of hydrogen-bond donors (Lipinski definition) is 3. The summed E-state index contributed by atoms with van der Waals surface area (Å²) in [5, 5.41) is 2.80. The summed E-state index contributed by atoms with van der Waals surface area (Å²) in [6, 6.07) is 1.78. The SMILES string of the molecule is CNc1ncccn1.O=[PH](O)O[PH](=O)O. The lowest BCUT2D eigenvalue weighted by Crippen LogP contribution is -1.92. The van der Waals surface area contributed by atoms with Crippen LogP contribution in [-0.4, -0.2) is 26.8 Å². The fraction of sp³-hybridized carbons (Fsp3) is 0.200. The van der Waals surface area contributed by atoms with E-state index < -0.39 is 16.5 Å². The minimum absolute atomic E-state index is 0.660. The Hall–Kier alpha value is -0.780. The molecule has 0 saturated carbocycles. The fourth-order valence-corrected chi connectivity index (χ4v) is 1.10. The first-order chi connectivity index (χ1) is 7.06. The molecule has 1 aromatic rings. The van der Waals surface area contributed by atoms with Gasteiger partial charge in [0, 0.05) is 19.4 Å². The van der Waals surface area contributed by atoms with E-state index in [0.717, 1.165) is 0 Å². The van der Waals surface area contributed by atoms with Crippen molar-refractivity contribution in [1.29, 1.82) is 0 Å². The Labute approximate surface area is 87.2 Å². The molecule has 0 aliphatic heterocycles. The van der Waals surface area contributed by atoms with Crippen LogP contribution in [0.25, 0.3) is 0 Å². The van der Waals surface area contributed by atoms with Gasteiger partial charge in [-0.3, -0.25) is 9.13 Å². The second-order valence-corrected chi connectivity index (χ2v) is 3.84. The van der Waals surface area contributed by atoms with Crippen molar-refractivity contribution < 1.29 is 23.2 Å². The summed E-state index contributed by atoms with van der Waals surface area (Å²) in [5.41, 5.74) is 0. The van der Waals surface area contributed by atoms with Gasteiger partial charge in [0.2, 0.25) is 5.95 Å². The molecule has 1 aromatic heterocycles. The summed E-state index contributed by atoms with van der Waals surface area (Å²) in [6.07, 6.45) is 3.39. The van der Waals surface area contributed by atoms with Gasteiger partial charge in [0.25, 0.3) is 0 Å². The van der Waals surface area contributed by atoms with Crippen molar-refractivity contribution in [3.8, 4) is 0 Å². The second kappa shape index (κ2) is 8.52. The van der Waals surface area contributed by atoms with Crippen molar-refractivity contribution in [2.24, 2.45) is 0 Å². The van der Waals surface area contributed by atoms with Crippen LogP contribution >= 0.6 is 16.5 Å². The highest BCUT2D eigenvalue weighted by Gasteiger charge is 1.93. The Kier molecular flexibility index (Phi) is 8.08. The standard InChI is InChI=1S/C5H7N3.H4O5P2/c1-6-5-7-3-2-4-8-5;1-6(2)5-7(3)4/h2-4H,1H3,(H,6,7,8);6-7H,(H,1,2)(H,3,4). The lowest BCUT2D eigenvalue weighted by Gasteiger charge is -1.91. The summed E-state index contributed by atoms with van der Waals surface area (Å²) in [5.74, 6) is 0.660. The van der Waals surface area contributed by atoms with Gasteiger partial charge < -0.3 is 15.1 Å². The van der Waals surface area contributed by atoms with Crippen LogP contribution in [0.4, 0.5) is 5.95 Å². The van der Waals surface area contributed by atoms with E-state index in [1.54, 1.807) is 25.5 Å². The Morgan fingerprint density at radius 3 is 1.93 bits per heavy atom. The fourth-order valence-electron chi connectivity index (χ4n) is 0.503. The molecule has 0 aromatic carbocycles. The first-order valence-corrected chi connectivity index (χ1v) is 6.17. The van der Waals surface area contributed by atoms with E-state index in [4.69, 9.17) is 9.79 Å². The molecule has 86 valence electrons. The van der Waals surface area contributed by atoms with E-state index >= 15 is 0 Å². The average Bonchev–Trinajstić information content (AvgIpc) is 2.18. The van der Waals surface area contributed by atoms with E-state index in [2.05, 4.69) is 19.6 Å². The van der Waals surface area contributed by atoms with E-state index in [0.29, 0.717) is 5.95 Å². The molecule has 0 radical (unpaired) electrons. The molecule has 2 atom stereocenters. The predicted molar refractivity (Wildman–Crippen MR) is 55.1 cm³/mol. The van der Waals surface area contributed by atoms with E-state index in [1.807, 2.05) is 0 Å². The highest BCUT2D eigenvalue weighted by Crippen LogP contribution is 2.30. The van der Waals surface area contributed by atoms with Gasteiger partial charge in [0.1, 0.15) is 0 Å². The Balaban J connectivity index is 0.000000265. The van der Waals surface area contributed by atoms with Crippen LogP contribution in [0.1, 0.15) is 0 Å². The molecule has 0 bridgehead atoms. The van der Waals surface area contributed by atoms with Gasteiger partial charge in [-0.2, -0.15) is 0 Å². The van der Waals surface area contributed by atoms with Crippen LogP contribution < -0.4 is 5.32 Å². The molecule has 0 spiro atoms. The summed E-state index contributed by atoms with van der Waals surface area (Å²) in [7, 11) is -4.62. The average molecular weight is 255 g/mol. The Bertz CT molecular complexity index is 310. The van der Waals surface area contributed by atoms with Crippen LogP contribution in [0.5, 0.6) is 0 Å². The molecule has 2 unspecified atom stereocenters. The van der Waals surface area contributed by atoms with Crippen molar-refractivity contribution in [3.05, 3.63) is 18.5 Å². The molecule has 1 rings (SSSR count). The third-order valence-electron chi connectivity index (χ3n) is 0.964. The molecule has 0 amide bonds. The van der Waals surface area contributed by atoms with Crippen LogP contribution in [0.2, 0.25) is 0 Å². The quantitative estimate of drug-likeness (QED) is 0.658. The van der Waals surface area contributed by atoms with E-state index in [1.165, 1.54) is 0 Å². The highest BCUT2D eigenvalue weighted by atomic mass is 31.2. The van der Waals surface area contributed by atoms with Crippen molar-refractivity contribution in [2.45, 2.75) is 0 Å². The molecule has 0 saturated heterocycles. The predicted octanol–water partition coefficient (Wildman–Crippen LogP) is 0.285. The molecule has 0 fully saturated rings. The first-order valence-electron chi connectivity index (χ1n) is 3.64. The summed E-state index contributed by atoms with van der Waals surface area (Å²) in [4.78, 5) is 23.2. The number of anilines is 1. The molecule has 3 N–H and O–H groups in total. The number of aromatic nitrogens is 2. The number of rotatable bonds is 3. The lowest BCUT2D eigenvalue weighted by molar-refractivity contribution is 0.371. The minimum Gasteiger partial charge on any atom is -0.357 e. The third kappa shape index (κ3) is 9.52. The van der Waals surface area contributed by atoms with E-state index in [9.17, 15) is 9.13 Å². The maximum absolute atomic E-state index is 9.44. The van der Waals surface area contributed by atoms with Gasteiger partial charge in [0.15, 0.2) is 0 Å². The number of hydrogen-bond acceptors (Lipinski definition) is 6. The molecule has 15 heavy (non-hydrogen) atoms. The summed E-state index contributed by atoms with van der Waals surface area (Å²) in [6.45, 7) is 0. The van der Waals surface area contributed by atoms with Gasteiger partial charge in [-0.05, 0) is 6.07 Å². The van der Waals surface area contributed by atoms with Crippen molar-refractivity contribution in [1.82, 2.24) is 9.97 Å². The third-order valence-corrected chi connectivity index (χ3v) is 2.36. The summed E-state index contributed by atoms with van der Waals surface area (Å²) >= 11 is 0. The van der Waals surface area contributed by atoms with Gasteiger partial charge in [-0.1, -0.05) is 0 Å². The van der Waals surface area contributed by atoms with Crippen molar-refractivity contribution >= 4 is 22.5 Å². The number of nitrogens with zero attached hydrogens (tertiary/aromatic N) is 2. The van der Waals surface area contributed by atoms with Gasteiger partial charge in [0.05, 0.1) is 0 Å². The monoisotopic (exact) mass is 255 g/mol. The molecule has 0 aliphatic rings. The first kappa shape index (κ1) is 14.2. The molecule has 1 heterocycles. The Morgan fingerprint density at radius 1 is 1.27 bits per heavy atom. The van der Waals surface area contributed by atoms with Gasteiger partial charge >= 0.3 is 16.5 Å². The van der Waals surface area contributed by atoms with Crippen LogP contribution in [0.15, 0.2) is 18.5 Å². The molecular formula is C5H11N3O5P2. The molecule has 8 nitrogen and oxygen atoms in total. The number of nitrogens with one attached hydrogen (secondary N) is 1. The van der Waals surface area contributed by atoms with Crippen LogP contribution in [-0.2, 0) is 13.4 Å². The zero-order valence-electron chi connectivity index (χ0n) is 7.75. The zero-order chi connectivity index (χ0) is 11.7. The molecular weight excluding hydrogens is 244 g/mol. The smallest absolute Gasteiger partial charge is 0.323 e. The molecule has 0 aliphatic carbocycles. The van der Waals surface area contributed by atoms with Gasteiger partial charge in [-0.15, -0.1) is 0 Å². The normalized spacial score (nSPS) is 13.3. The van der Waals surface area contributed by atoms with Gasteiger partial charge in [-0.25, -0.2) is 14.3 Å². The maximum Gasteiger partial charge on any atom is 0.323 e. The zero-order valence-corrected chi connectivity index (χ0v) is 9.75. The Morgan fingerprint density at radius 2 is 1.73 bits per heavy atom. The maximum atomic E-state index is 9.44. The lowest BCUT2D eigenvalue weighted by atomic mass is 10.7. The van der Waals surface area contributed by atoms with Crippen molar-refractivity contribution in [3.63, 3.8) is 0 Å². The van der Waals surface area contributed by atoms with Crippen LogP contribution in [0, 0.1) is 0 Å². The topological polar surface area (TPSA) is 122 Å². The highest BCUT2D eigenvalue weighted by molar-refractivity contribution is 7.46. The van der Waals surface area contributed by atoms with Crippen LogP contribution in [0.3, 0.4) is 0 Å². The van der Waals surface area contributed by atoms with Crippen molar-refractivity contribution in [2.75, 3.05) is 12.4 Å². The molecule has 10 heteroatoms. The minimum atomic E-state index is -3.20.